The lowest BCUT2D eigenvalue weighted by molar-refractivity contribution is -0.162. The highest BCUT2D eigenvalue weighted by atomic mass is 32.1. The Kier molecular flexibility index (Phi) is 6.78. The molecule has 1 saturated heterocycles. The molecule has 6 rings (SSSR count). The Hall–Kier alpha value is -3.85. The molecule has 1 aliphatic heterocycles. The number of alkyl halides is 3. The molecule has 1 saturated carbocycles. The maximum absolute atomic E-state index is 13.3. The number of halogens is 3. The first-order valence-electron chi connectivity index (χ1n) is 12.8. The highest BCUT2D eigenvalue weighted by molar-refractivity contribution is 7.13. The number of pyridine rings is 1. The molecular formula is C25H26F3N9O2S. The topological polar surface area (TPSA) is 116 Å². The summed E-state index contributed by atoms with van der Waals surface area (Å²) in [4.78, 5) is 28.7. The van der Waals surface area contributed by atoms with Crippen LogP contribution in [0, 0.1) is 0 Å². The van der Waals surface area contributed by atoms with Crippen LogP contribution >= 0.6 is 11.3 Å². The molecule has 11 nitrogen and oxygen atoms in total. The van der Waals surface area contributed by atoms with Crippen LogP contribution in [0.15, 0.2) is 36.5 Å². The van der Waals surface area contributed by atoms with Crippen LogP contribution in [-0.4, -0.2) is 72.7 Å². The first-order chi connectivity index (χ1) is 19.2. The summed E-state index contributed by atoms with van der Waals surface area (Å²) < 4.78 is 48.1. The van der Waals surface area contributed by atoms with Crippen molar-refractivity contribution in [2.24, 2.45) is 0 Å². The first kappa shape index (κ1) is 26.4. The molecule has 2 aliphatic rings. The Labute approximate surface area is 231 Å². The van der Waals surface area contributed by atoms with E-state index in [-0.39, 0.29) is 28.4 Å². The third kappa shape index (κ3) is 5.18. The molecule has 15 heteroatoms. The van der Waals surface area contributed by atoms with Crippen molar-refractivity contribution < 1.29 is 22.7 Å². The van der Waals surface area contributed by atoms with E-state index < -0.39 is 18.1 Å². The van der Waals surface area contributed by atoms with E-state index >= 15 is 0 Å². The van der Waals surface area contributed by atoms with Crippen molar-refractivity contribution in [1.82, 2.24) is 34.3 Å². The fraction of sp³-hybridized carbons (Fsp3) is 0.440. The van der Waals surface area contributed by atoms with Gasteiger partial charge in [0, 0.05) is 37.7 Å². The lowest BCUT2D eigenvalue weighted by Gasteiger charge is -2.22. The average molecular weight is 574 g/mol. The van der Waals surface area contributed by atoms with Crippen molar-refractivity contribution in [3.8, 4) is 16.5 Å². The summed E-state index contributed by atoms with van der Waals surface area (Å²) in [7, 11) is 1.70. The Bertz CT molecular complexity index is 1530. The zero-order valence-corrected chi connectivity index (χ0v) is 22.5. The predicted molar refractivity (Wildman–Crippen MR) is 141 cm³/mol. The normalized spacial score (nSPS) is 18.3. The summed E-state index contributed by atoms with van der Waals surface area (Å²) in [6, 6.07) is -0.128. The van der Waals surface area contributed by atoms with Gasteiger partial charge in [-0.05, 0) is 32.3 Å². The molecular weight excluding hydrogens is 547 g/mol. The number of nitrogens with one attached hydrogen (secondary N) is 1. The van der Waals surface area contributed by atoms with Crippen LogP contribution in [0.1, 0.15) is 54.3 Å². The van der Waals surface area contributed by atoms with E-state index in [9.17, 15) is 18.0 Å². The number of anilines is 2. The van der Waals surface area contributed by atoms with Gasteiger partial charge in [0.25, 0.3) is 5.91 Å². The van der Waals surface area contributed by atoms with Crippen LogP contribution in [0.25, 0.3) is 16.5 Å². The molecule has 0 radical (unpaired) electrons. The van der Waals surface area contributed by atoms with Crippen molar-refractivity contribution in [3.05, 3.63) is 47.9 Å². The van der Waals surface area contributed by atoms with Gasteiger partial charge < -0.3 is 19.5 Å². The maximum atomic E-state index is 13.3. The lowest BCUT2D eigenvalue weighted by atomic mass is 10.2. The number of thiazole rings is 1. The van der Waals surface area contributed by atoms with E-state index in [1.165, 1.54) is 5.38 Å². The zero-order valence-electron chi connectivity index (χ0n) is 21.7. The SMILES string of the molecule is COC1CCN(c2cnc(C(=O)Nc3csc(-c4nncn4C(C)C(F)(F)F)n3)cc2-n2cnc(C3CC3)c2)C1. The minimum Gasteiger partial charge on any atom is -0.380 e. The molecule has 40 heavy (non-hydrogen) atoms. The molecule has 1 N–H and O–H groups in total. The Morgan fingerprint density at radius 1 is 1.20 bits per heavy atom. The van der Waals surface area contributed by atoms with Crippen LogP contribution in [-0.2, 0) is 4.74 Å². The monoisotopic (exact) mass is 573 g/mol. The van der Waals surface area contributed by atoms with Crippen molar-refractivity contribution in [2.75, 3.05) is 30.4 Å². The molecule has 1 aliphatic carbocycles. The number of imidazole rings is 1. The summed E-state index contributed by atoms with van der Waals surface area (Å²) in [6.07, 6.45) is 5.20. The van der Waals surface area contributed by atoms with Gasteiger partial charge in [-0.1, -0.05) is 0 Å². The highest BCUT2D eigenvalue weighted by Crippen LogP contribution is 2.40. The third-order valence-electron chi connectivity index (χ3n) is 7.19. The molecule has 4 aromatic heterocycles. The Morgan fingerprint density at radius 2 is 2.02 bits per heavy atom. The number of nitrogens with zero attached hydrogens (tertiary/aromatic N) is 8. The Morgan fingerprint density at radius 3 is 2.75 bits per heavy atom. The second-order valence-electron chi connectivity index (χ2n) is 9.90. The van der Waals surface area contributed by atoms with Crippen LogP contribution in [0.3, 0.4) is 0 Å². The second kappa shape index (κ2) is 10.3. The van der Waals surface area contributed by atoms with Crippen molar-refractivity contribution in [1.29, 1.82) is 0 Å². The van der Waals surface area contributed by atoms with E-state index in [1.807, 2.05) is 10.8 Å². The van der Waals surface area contributed by atoms with Gasteiger partial charge in [0.05, 0.1) is 35.7 Å². The zero-order chi connectivity index (χ0) is 28.0. The number of hydrogen-bond donors (Lipinski definition) is 1. The van der Waals surface area contributed by atoms with Gasteiger partial charge in [-0.15, -0.1) is 21.5 Å². The quantitative estimate of drug-likeness (QED) is 0.329. The third-order valence-corrected chi connectivity index (χ3v) is 8.03. The summed E-state index contributed by atoms with van der Waals surface area (Å²) in [5.74, 6) is 0.107. The van der Waals surface area contributed by atoms with Crippen LogP contribution in [0.4, 0.5) is 24.7 Å². The summed E-state index contributed by atoms with van der Waals surface area (Å²) in [6.45, 7) is 2.52. The van der Waals surface area contributed by atoms with E-state index in [1.54, 1.807) is 25.7 Å². The summed E-state index contributed by atoms with van der Waals surface area (Å²) >= 11 is 1.05. The molecule has 2 atom stereocenters. The molecule has 0 aromatic carbocycles. The molecule has 5 heterocycles. The molecule has 2 unspecified atom stereocenters. The molecule has 0 bridgehead atoms. The number of carbonyl (C=O) groups excluding carboxylic acids is 1. The van der Waals surface area contributed by atoms with E-state index in [2.05, 4.69) is 35.4 Å². The van der Waals surface area contributed by atoms with E-state index in [0.29, 0.717) is 12.5 Å². The minimum atomic E-state index is -4.48. The average Bonchev–Trinajstić information content (AvgIpc) is 3.40. The van der Waals surface area contributed by atoms with Gasteiger partial charge in [-0.25, -0.2) is 15.0 Å². The van der Waals surface area contributed by atoms with Crippen molar-refractivity contribution >= 4 is 28.7 Å². The Balaban J connectivity index is 1.25. The predicted octanol–water partition coefficient (Wildman–Crippen LogP) is 4.46. The number of rotatable bonds is 8. The molecule has 2 fully saturated rings. The standard InChI is InChI=1S/C25H26F3N9O2S/c1-14(25(26,27)28)37-13-31-34-22(37)24-33-21(11-40-24)32-23(38)17-7-19(36-10-18(30-12-36)15-3-4-15)20(8-29-17)35-6-5-16(9-35)39-2/h7-8,10-16H,3-6,9H2,1-2H3,(H,32,38). The van der Waals surface area contributed by atoms with Crippen LogP contribution in [0.2, 0.25) is 0 Å². The van der Waals surface area contributed by atoms with Crippen molar-refractivity contribution in [3.63, 3.8) is 0 Å². The largest absolute Gasteiger partial charge is 0.408 e. The van der Waals surface area contributed by atoms with Gasteiger partial charge in [0.2, 0.25) is 0 Å². The number of methoxy groups -OCH3 is 1. The first-order valence-corrected chi connectivity index (χ1v) is 13.6. The van der Waals surface area contributed by atoms with Crippen LogP contribution < -0.4 is 10.2 Å². The molecule has 4 aromatic rings. The minimum absolute atomic E-state index is 0.0355. The van der Waals surface area contributed by atoms with Gasteiger partial charge in [-0.2, -0.15) is 13.2 Å². The number of aromatic nitrogens is 7. The number of hydrogen-bond acceptors (Lipinski definition) is 9. The van der Waals surface area contributed by atoms with E-state index in [0.717, 1.165) is 72.0 Å². The van der Waals surface area contributed by atoms with Crippen molar-refractivity contribution in [2.45, 2.75) is 50.4 Å². The summed E-state index contributed by atoms with van der Waals surface area (Å²) in [5, 5.41) is 11.9. The fourth-order valence-electron chi connectivity index (χ4n) is 4.66. The van der Waals surface area contributed by atoms with Gasteiger partial charge >= 0.3 is 6.18 Å². The van der Waals surface area contributed by atoms with Gasteiger partial charge in [-0.3, -0.25) is 9.36 Å². The fourth-order valence-corrected chi connectivity index (χ4v) is 5.40. The number of carbonyl (C=O) groups is 1. The molecule has 0 spiro atoms. The smallest absolute Gasteiger partial charge is 0.380 e. The van der Waals surface area contributed by atoms with Crippen LogP contribution in [0.5, 0.6) is 0 Å². The van der Waals surface area contributed by atoms with E-state index in [4.69, 9.17) is 4.74 Å². The maximum Gasteiger partial charge on any atom is 0.408 e. The second-order valence-corrected chi connectivity index (χ2v) is 10.8. The highest BCUT2D eigenvalue weighted by Gasteiger charge is 2.39. The molecule has 210 valence electrons. The molecule has 1 amide bonds. The lowest BCUT2D eigenvalue weighted by Crippen LogP contribution is -2.24. The van der Waals surface area contributed by atoms with Gasteiger partial charge in [0.15, 0.2) is 10.8 Å². The van der Waals surface area contributed by atoms with Gasteiger partial charge in [0.1, 0.15) is 23.9 Å². The summed E-state index contributed by atoms with van der Waals surface area (Å²) in [5.41, 5.74) is 2.81. The number of ether oxygens (including phenoxy) is 1. The number of amides is 1.